The molecule has 0 bridgehead atoms. The van der Waals surface area contributed by atoms with Gasteiger partial charge in [-0.25, -0.2) is 4.98 Å². The highest BCUT2D eigenvalue weighted by atomic mass is 32.1. The minimum Gasteiger partial charge on any atom is -0.399 e. The van der Waals surface area contributed by atoms with Crippen LogP contribution in [0.5, 0.6) is 0 Å². The smallest absolute Gasteiger partial charge is 0.194 e. The molecule has 3 nitrogen and oxygen atoms in total. The van der Waals surface area contributed by atoms with Crippen LogP contribution in [0.2, 0.25) is 0 Å². The van der Waals surface area contributed by atoms with Crippen molar-refractivity contribution in [2.45, 2.75) is 13.3 Å². The first-order valence-corrected chi connectivity index (χ1v) is 8.54. The quantitative estimate of drug-likeness (QED) is 0.547. The van der Waals surface area contributed by atoms with Gasteiger partial charge in [0.2, 0.25) is 0 Å². The third kappa shape index (κ3) is 2.51. The summed E-state index contributed by atoms with van der Waals surface area (Å²) in [5, 5.41) is 2.16. The van der Waals surface area contributed by atoms with E-state index in [2.05, 4.69) is 47.2 Å². The van der Waals surface area contributed by atoms with Crippen molar-refractivity contribution >= 4 is 22.0 Å². The minimum atomic E-state index is 0.770. The lowest BCUT2D eigenvalue weighted by Gasteiger charge is -2.02. The van der Waals surface area contributed by atoms with Gasteiger partial charge in [0, 0.05) is 22.8 Å². The molecule has 23 heavy (non-hydrogen) atoms. The first kappa shape index (κ1) is 14.0. The molecule has 0 unspecified atom stereocenters. The SMILES string of the molecule is CCc1ccc(-c2csc3nc(-c4ccc(N)cc4)cn23)cc1. The Morgan fingerprint density at radius 1 is 1.00 bits per heavy atom. The molecule has 0 radical (unpaired) electrons. The summed E-state index contributed by atoms with van der Waals surface area (Å²) in [5.74, 6) is 0. The Hall–Kier alpha value is -2.59. The Morgan fingerprint density at radius 3 is 2.39 bits per heavy atom. The van der Waals surface area contributed by atoms with Gasteiger partial charge in [0.1, 0.15) is 0 Å². The van der Waals surface area contributed by atoms with Crippen molar-refractivity contribution in [3.05, 3.63) is 65.7 Å². The second kappa shape index (κ2) is 5.56. The highest BCUT2D eigenvalue weighted by Crippen LogP contribution is 2.29. The normalized spacial score (nSPS) is 11.2. The van der Waals surface area contributed by atoms with E-state index in [0.717, 1.165) is 28.3 Å². The summed E-state index contributed by atoms with van der Waals surface area (Å²) in [6, 6.07) is 16.6. The standard InChI is InChI=1S/C19H17N3S/c1-2-13-3-5-15(6-4-13)18-12-23-19-21-17(11-22(18)19)14-7-9-16(20)10-8-14/h3-12H,2,20H2,1H3. The number of nitrogens with two attached hydrogens (primary N) is 1. The summed E-state index contributed by atoms with van der Waals surface area (Å²) in [7, 11) is 0. The van der Waals surface area contributed by atoms with Crippen LogP contribution in [0.15, 0.2) is 60.1 Å². The van der Waals surface area contributed by atoms with E-state index in [1.807, 2.05) is 24.3 Å². The molecule has 0 aliphatic heterocycles. The molecule has 0 atom stereocenters. The van der Waals surface area contributed by atoms with Crippen molar-refractivity contribution in [1.29, 1.82) is 0 Å². The molecule has 2 aromatic carbocycles. The molecular weight excluding hydrogens is 302 g/mol. The Labute approximate surface area is 139 Å². The third-order valence-corrected chi connectivity index (χ3v) is 4.91. The Kier molecular flexibility index (Phi) is 3.39. The van der Waals surface area contributed by atoms with Crippen LogP contribution < -0.4 is 5.73 Å². The highest BCUT2D eigenvalue weighted by molar-refractivity contribution is 7.15. The van der Waals surface area contributed by atoms with Gasteiger partial charge in [-0.2, -0.15) is 0 Å². The fourth-order valence-corrected chi connectivity index (χ4v) is 3.58. The second-order valence-electron chi connectivity index (χ2n) is 5.57. The molecule has 0 spiro atoms. The van der Waals surface area contributed by atoms with Gasteiger partial charge in [0.25, 0.3) is 0 Å². The summed E-state index contributed by atoms with van der Waals surface area (Å²) in [5.41, 5.74) is 12.3. The van der Waals surface area contributed by atoms with E-state index in [4.69, 9.17) is 10.7 Å². The zero-order valence-electron chi connectivity index (χ0n) is 12.9. The first-order valence-electron chi connectivity index (χ1n) is 7.66. The molecule has 114 valence electrons. The lowest BCUT2D eigenvalue weighted by molar-refractivity contribution is 1.14. The average Bonchev–Trinajstić information content (AvgIpc) is 3.16. The Morgan fingerprint density at radius 2 is 1.70 bits per heavy atom. The number of rotatable bonds is 3. The maximum Gasteiger partial charge on any atom is 0.194 e. The topological polar surface area (TPSA) is 43.3 Å². The van der Waals surface area contributed by atoms with Crippen LogP contribution in [0.3, 0.4) is 0 Å². The highest BCUT2D eigenvalue weighted by Gasteiger charge is 2.11. The molecule has 0 aliphatic carbocycles. The van der Waals surface area contributed by atoms with Crippen molar-refractivity contribution in [2.75, 3.05) is 5.73 Å². The van der Waals surface area contributed by atoms with Gasteiger partial charge >= 0.3 is 0 Å². The number of nitrogen functional groups attached to an aromatic ring is 1. The van der Waals surface area contributed by atoms with Crippen LogP contribution in [-0.4, -0.2) is 9.38 Å². The van der Waals surface area contributed by atoms with Gasteiger partial charge in [-0.1, -0.05) is 43.3 Å². The predicted octanol–water partition coefficient (Wildman–Crippen LogP) is 4.87. The van der Waals surface area contributed by atoms with E-state index in [1.54, 1.807) is 11.3 Å². The maximum absolute atomic E-state index is 5.76. The number of hydrogen-bond acceptors (Lipinski definition) is 3. The van der Waals surface area contributed by atoms with Gasteiger partial charge in [-0.3, -0.25) is 4.40 Å². The molecule has 0 fully saturated rings. The summed E-state index contributed by atoms with van der Waals surface area (Å²) >= 11 is 1.66. The number of aryl methyl sites for hydroxylation is 1. The van der Waals surface area contributed by atoms with E-state index in [9.17, 15) is 0 Å². The molecule has 4 aromatic rings. The number of fused-ring (bicyclic) bond motifs is 1. The van der Waals surface area contributed by atoms with Gasteiger partial charge in [0.05, 0.1) is 11.4 Å². The molecule has 0 saturated heterocycles. The van der Waals surface area contributed by atoms with Gasteiger partial charge in [-0.15, -0.1) is 11.3 Å². The zero-order valence-corrected chi connectivity index (χ0v) is 13.7. The zero-order chi connectivity index (χ0) is 15.8. The van der Waals surface area contributed by atoms with Gasteiger partial charge in [0.15, 0.2) is 4.96 Å². The number of thiazole rings is 1. The monoisotopic (exact) mass is 319 g/mol. The largest absolute Gasteiger partial charge is 0.399 e. The third-order valence-electron chi connectivity index (χ3n) is 4.07. The van der Waals surface area contributed by atoms with Gasteiger partial charge in [-0.05, 0) is 29.7 Å². The molecule has 0 aliphatic rings. The number of anilines is 1. The lowest BCUT2D eigenvalue weighted by atomic mass is 10.1. The van der Waals surface area contributed by atoms with E-state index in [-0.39, 0.29) is 0 Å². The van der Waals surface area contributed by atoms with E-state index < -0.39 is 0 Å². The number of nitrogens with zero attached hydrogens (tertiary/aromatic N) is 2. The molecule has 4 heteroatoms. The van der Waals surface area contributed by atoms with E-state index in [0.29, 0.717) is 0 Å². The van der Waals surface area contributed by atoms with E-state index in [1.165, 1.54) is 16.8 Å². The van der Waals surface area contributed by atoms with Crippen molar-refractivity contribution in [1.82, 2.24) is 9.38 Å². The minimum absolute atomic E-state index is 0.770. The van der Waals surface area contributed by atoms with Gasteiger partial charge < -0.3 is 5.73 Å². The van der Waals surface area contributed by atoms with E-state index >= 15 is 0 Å². The molecule has 2 N–H and O–H groups in total. The molecule has 0 amide bonds. The molecule has 0 saturated carbocycles. The van der Waals surface area contributed by atoms with Crippen LogP contribution in [-0.2, 0) is 6.42 Å². The lowest BCUT2D eigenvalue weighted by Crippen LogP contribution is -1.85. The fourth-order valence-electron chi connectivity index (χ4n) is 2.70. The second-order valence-corrected chi connectivity index (χ2v) is 6.41. The number of imidazole rings is 1. The molecule has 4 rings (SSSR count). The summed E-state index contributed by atoms with van der Waals surface area (Å²) < 4.78 is 2.16. The molecular formula is C19H17N3S. The number of aromatic nitrogens is 2. The summed E-state index contributed by atoms with van der Waals surface area (Å²) in [4.78, 5) is 5.74. The van der Waals surface area contributed by atoms with Crippen molar-refractivity contribution in [3.63, 3.8) is 0 Å². The number of benzene rings is 2. The molecule has 2 heterocycles. The van der Waals surface area contributed by atoms with Crippen molar-refractivity contribution in [2.24, 2.45) is 0 Å². The fraction of sp³-hybridized carbons (Fsp3) is 0.105. The maximum atomic E-state index is 5.76. The van der Waals surface area contributed by atoms with Crippen LogP contribution in [0.1, 0.15) is 12.5 Å². The van der Waals surface area contributed by atoms with Crippen molar-refractivity contribution in [3.8, 4) is 22.5 Å². The van der Waals surface area contributed by atoms with Crippen molar-refractivity contribution < 1.29 is 0 Å². The van der Waals surface area contributed by atoms with Crippen LogP contribution in [0.4, 0.5) is 5.69 Å². The Bertz CT molecular complexity index is 947. The van der Waals surface area contributed by atoms with Crippen LogP contribution in [0.25, 0.3) is 27.5 Å². The average molecular weight is 319 g/mol. The first-order chi connectivity index (χ1) is 11.2. The summed E-state index contributed by atoms with van der Waals surface area (Å²) in [6.07, 6.45) is 3.16. The van der Waals surface area contributed by atoms with Crippen LogP contribution >= 0.6 is 11.3 Å². The van der Waals surface area contributed by atoms with Crippen LogP contribution in [0, 0.1) is 0 Å². The predicted molar refractivity (Wildman–Crippen MR) is 97.7 cm³/mol. The molecule has 2 aromatic heterocycles. The number of hydrogen-bond donors (Lipinski definition) is 1. The Balaban J connectivity index is 1.78. The summed E-state index contributed by atoms with van der Waals surface area (Å²) in [6.45, 7) is 2.17.